The Labute approximate surface area is 105 Å². The predicted molar refractivity (Wildman–Crippen MR) is 55.3 cm³/mol. The van der Waals surface area contributed by atoms with Gasteiger partial charge in [-0.2, -0.15) is 13.2 Å². The normalized spacial score (nSPS) is 14.8. The van der Waals surface area contributed by atoms with Crippen molar-refractivity contribution in [2.45, 2.75) is 11.8 Å². The molecule has 0 aliphatic heterocycles. The fraction of sp³-hybridized carbons (Fsp3) is 0.364. The summed E-state index contributed by atoms with van der Waals surface area (Å²) >= 11 is 0. The molecule has 1 aromatic rings. The average molecular weight is 282 g/mol. The van der Waals surface area contributed by atoms with Crippen LogP contribution >= 0.6 is 0 Å². The molecule has 1 N–H and O–H groups in total. The highest BCUT2D eigenvalue weighted by molar-refractivity contribution is 5.80. The summed E-state index contributed by atoms with van der Waals surface area (Å²) in [5.74, 6) is -3.71. The molecule has 0 heterocycles. The summed E-state index contributed by atoms with van der Waals surface area (Å²) in [6.45, 7) is 0. The molecular formula is C11H10F4O4. The zero-order chi connectivity index (χ0) is 14.8. The third-order valence-corrected chi connectivity index (χ3v) is 2.56. The number of alkyl halides is 3. The summed E-state index contributed by atoms with van der Waals surface area (Å²) in [7, 11) is 1.71. The van der Waals surface area contributed by atoms with Crippen molar-refractivity contribution in [1.82, 2.24) is 0 Å². The number of methoxy groups -OCH3 is 2. The number of rotatable bonds is 4. The van der Waals surface area contributed by atoms with Crippen LogP contribution in [0.4, 0.5) is 17.6 Å². The van der Waals surface area contributed by atoms with Crippen LogP contribution in [0.15, 0.2) is 18.2 Å². The first-order chi connectivity index (χ1) is 8.70. The molecule has 19 heavy (non-hydrogen) atoms. The monoisotopic (exact) mass is 282 g/mol. The van der Waals surface area contributed by atoms with Gasteiger partial charge in [-0.05, 0) is 12.1 Å². The lowest BCUT2D eigenvalue weighted by Gasteiger charge is -2.30. The van der Waals surface area contributed by atoms with Crippen LogP contribution in [0, 0.1) is 5.82 Å². The quantitative estimate of drug-likeness (QED) is 0.861. The van der Waals surface area contributed by atoms with Crippen molar-refractivity contribution in [2.75, 3.05) is 14.2 Å². The molecule has 0 unspecified atom stereocenters. The van der Waals surface area contributed by atoms with Gasteiger partial charge in [0.2, 0.25) is 0 Å². The van der Waals surface area contributed by atoms with E-state index in [2.05, 4.69) is 9.47 Å². The minimum absolute atomic E-state index is 0.304. The summed E-state index contributed by atoms with van der Waals surface area (Å²) in [5.41, 5.74) is -4.51. The third-order valence-electron chi connectivity index (χ3n) is 2.56. The first-order valence-corrected chi connectivity index (χ1v) is 4.90. The van der Waals surface area contributed by atoms with E-state index in [0.29, 0.717) is 13.2 Å². The van der Waals surface area contributed by atoms with Gasteiger partial charge in [0.05, 0.1) is 7.11 Å². The SMILES string of the molecule is COc1ccc([C@@](OC)(C(=O)O)C(F)(F)F)cc1F. The van der Waals surface area contributed by atoms with Gasteiger partial charge in [0, 0.05) is 12.7 Å². The number of benzene rings is 1. The summed E-state index contributed by atoms with van der Waals surface area (Å²) in [5, 5.41) is 8.83. The molecule has 0 saturated carbocycles. The van der Waals surface area contributed by atoms with Crippen molar-refractivity contribution in [3.05, 3.63) is 29.6 Å². The van der Waals surface area contributed by atoms with Crippen LogP contribution < -0.4 is 4.74 Å². The molecule has 0 aliphatic carbocycles. The van der Waals surface area contributed by atoms with E-state index in [4.69, 9.17) is 5.11 Å². The fourth-order valence-corrected chi connectivity index (χ4v) is 1.61. The van der Waals surface area contributed by atoms with Crippen molar-refractivity contribution < 1.29 is 36.9 Å². The van der Waals surface area contributed by atoms with E-state index < -0.39 is 29.1 Å². The number of hydrogen-bond donors (Lipinski definition) is 1. The minimum atomic E-state index is -5.26. The van der Waals surface area contributed by atoms with E-state index in [9.17, 15) is 22.4 Å². The fourth-order valence-electron chi connectivity index (χ4n) is 1.61. The van der Waals surface area contributed by atoms with Crippen LogP contribution in [0.3, 0.4) is 0 Å². The molecule has 8 heteroatoms. The second-order valence-corrected chi connectivity index (χ2v) is 3.54. The molecule has 0 radical (unpaired) electrons. The van der Waals surface area contributed by atoms with Gasteiger partial charge < -0.3 is 14.6 Å². The minimum Gasteiger partial charge on any atom is -0.494 e. The zero-order valence-electron chi connectivity index (χ0n) is 9.92. The first-order valence-electron chi connectivity index (χ1n) is 4.90. The molecule has 1 aromatic carbocycles. The highest BCUT2D eigenvalue weighted by Crippen LogP contribution is 2.43. The number of carbonyl (C=O) groups is 1. The molecule has 0 aliphatic rings. The van der Waals surface area contributed by atoms with Gasteiger partial charge in [0.1, 0.15) is 0 Å². The van der Waals surface area contributed by atoms with Crippen LogP contribution in [0.2, 0.25) is 0 Å². The Morgan fingerprint density at radius 3 is 2.16 bits per heavy atom. The summed E-state index contributed by atoms with van der Waals surface area (Å²) in [6.07, 6.45) is -5.26. The highest BCUT2D eigenvalue weighted by atomic mass is 19.4. The van der Waals surface area contributed by atoms with Crippen molar-refractivity contribution in [3.8, 4) is 5.75 Å². The molecule has 1 atom stereocenters. The van der Waals surface area contributed by atoms with Crippen molar-refractivity contribution in [1.29, 1.82) is 0 Å². The Morgan fingerprint density at radius 2 is 1.84 bits per heavy atom. The van der Waals surface area contributed by atoms with Crippen molar-refractivity contribution in [3.63, 3.8) is 0 Å². The maximum atomic E-state index is 13.4. The molecule has 0 saturated heterocycles. The number of halogens is 4. The molecule has 0 bridgehead atoms. The van der Waals surface area contributed by atoms with Crippen LogP contribution in [0.5, 0.6) is 5.75 Å². The molecule has 0 fully saturated rings. The van der Waals surface area contributed by atoms with Gasteiger partial charge in [-0.15, -0.1) is 0 Å². The molecular weight excluding hydrogens is 272 g/mol. The van der Waals surface area contributed by atoms with Gasteiger partial charge in [-0.1, -0.05) is 6.07 Å². The Hall–Kier alpha value is -1.83. The first kappa shape index (κ1) is 15.2. The Morgan fingerprint density at radius 1 is 1.26 bits per heavy atom. The zero-order valence-corrected chi connectivity index (χ0v) is 9.92. The number of aliphatic carboxylic acids is 1. The van der Waals surface area contributed by atoms with E-state index in [1.165, 1.54) is 0 Å². The number of ether oxygens (including phenoxy) is 2. The van der Waals surface area contributed by atoms with Crippen LogP contribution in [0.25, 0.3) is 0 Å². The standard InChI is InChI=1S/C11H10F4O4/c1-18-8-4-3-6(5-7(8)12)10(19-2,9(16)17)11(13,14)15/h3-5H,1-2H3,(H,16,17)/t10-/m1/s1. The molecule has 0 aromatic heterocycles. The van der Waals surface area contributed by atoms with Gasteiger partial charge in [0.25, 0.3) is 5.60 Å². The summed E-state index contributed by atoms with van der Waals surface area (Å²) in [4.78, 5) is 11.0. The van der Waals surface area contributed by atoms with Gasteiger partial charge in [-0.25, -0.2) is 9.18 Å². The Bertz CT molecular complexity index is 486. The number of carboxylic acids is 1. The largest absolute Gasteiger partial charge is 0.494 e. The van der Waals surface area contributed by atoms with Crippen LogP contribution in [0.1, 0.15) is 5.56 Å². The lowest BCUT2D eigenvalue weighted by atomic mass is 9.92. The third kappa shape index (κ3) is 2.35. The van der Waals surface area contributed by atoms with Gasteiger partial charge in [-0.3, -0.25) is 0 Å². The molecule has 0 spiro atoms. The topological polar surface area (TPSA) is 55.8 Å². The average Bonchev–Trinajstić information content (AvgIpc) is 2.28. The van der Waals surface area contributed by atoms with E-state index in [0.717, 1.165) is 19.2 Å². The maximum Gasteiger partial charge on any atom is 0.432 e. The summed E-state index contributed by atoms with van der Waals surface area (Å²) in [6, 6.07) is 2.10. The molecule has 106 valence electrons. The smallest absolute Gasteiger partial charge is 0.432 e. The second-order valence-electron chi connectivity index (χ2n) is 3.54. The predicted octanol–water partition coefficient (Wildman–Crippen LogP) is 2.32. The maximum absolute atomic E-state index is 13.4. The summed E-state index contributed by atoms with van der Waals surface area (Å²) < 4.78 is 61.0. The highest BCUT2D eigenvalue weighted by Gasteiger charge is 2.63. The molecule has 1 rings (SSSR count). The number of hydrogen-bond acceptors (Lipinski definition) is 3. The lowest BCUT2D eigenvalue weighted by Crippen LogP contribution is -2.50. The van der Waals surface area contributed by atoms with Gasteiger partial charge >= 0.3 is 12.1 Å². The van der Waals surface area contributed by atoms with Gasteiger partial charge in [0.15, 0.2) is 11.6 Å². The van der Waals surface area contributed by atoms with E-state index in [1.807, 2.05) is 0 Å². The van der Waals surface area contributed by atoms with E-state index in [-0.39, 0.29) is 5.75 Å². The Balaban J connectivity index is 3.51. The lowest BCUT2D eigenvalue weighted by molar-refractivity contribution is -0.273. The second kappa shape index (κ2) is 5.04. The molecule has 4 nitrogen and oxygen atoms in total. The van der Waals surface area contributed by atoms with Crippen LogP contribution in [-0.2, 0) is 15.1 Å². The van der Waals surface area contributed by atoms with E-state index >= 15 is 0 Å². The molecule has 0 amide bonds. The Kier molecular flexibility index (Phi) is 4.04. The number of carboxylic acid groups (broad SMARTS) is 1. The van der Waals surface area contributed by atoms with E-state index in [1.54, 1.807) is 0 Å². The van der Waals surface area contributed by atoms with Crippen LogP contribution in [-0.4, -0.2) is 31.5 Å². The van der Waals surface area contributed by atoms with Crippen molar-refractivity contribution >= 4 is 5.97 Å². The van der Waals surface area contributed by atoms with Crippen molar-refractivity contribution in [2.24, 2.45) is 0 Å².